The molecule has 1 amide bonds. The fraction of sp³-hybridized carbons (Fsp3) is 0.318. The van der Waals surface area contributed by atoms with Crippen molar-refractivity contribution in [2.45, 2.75) is 30.6 Å². The van der Waals surface area contributed by atoms with E-state index >= 15 is 0 Å². The minimum absolute atomic E-state index is 0.0915. The summed E-state index contributed by atoms with van der Waals surface area (Å²) in [6, 6.07) is 9.83. The predicted octanol–water partition coefficient (Wildman–Crippen LogP) is 3.70. The van der Waals surface area contributed by atoms with Gasteiger partial charge < -0.3 is 10.1 Å². The van der Waals surface area contributed by atoms with Crippen LogP contribution in [0.3, 0.4) is 0 Å². The molecule has 1 aliphatic rings. The molecule has 1 saturated heterocycles. The first-order valence-electron chi connectivity index (χ1n) is 9.87. The number of aromatic nitrogens is 2. The summed E-state index contributed by atoms with van der Waals surface area (Å²) in [6.07, 6.45) is 3.80. The zero-order valence-corrected chi connectivity index (χ0v) is 18.1. The Balaban J connectivity index is 1.57. The third-order valence-electron chi connectivity index (χ3n) is 4.94. The molecule has 0 bridgehead atoms. The zero-order chi connectivity index (χ0) is 20.9. The molecule has 0 saturated carbocycles. The molecular weight excluding hydrogens is 418 g/mol. The monoisotopic (exact) mass is 441 g/mol. The standard InChI is InChI=1S/C22H23N3O3S2/c1-2-10-25-21(27)19-17(15-7-4-3-5-8-15)13-29-20(19)24-22(25)30-14-18(26)23-12-16-9-6-11-28-16/h2-5,7-8,13,16H,1,6,9-12,14H2,(H,23,26)/t16-/m1/s1. The number of ether oxygens (including phenoxy) is 1. The molecular formula is C22H23N3O3S2. The Labute approximate surface area is 183 Å². The molecule has 30 heavy (non-hydrogen) atoms. The van der Waals surface area contributed by atoms with E-state index < -0.39 is 0 Å². The van der Waals surface area contributed by atoms with Gasteiger partial charge in [0.1, 0.15) is 4.83 Å². The smallest absolute Gasteiger partial charge is 0.263 e. The van der Waals surface area contributed by atoms with Crippen molar-refractivity contribution in [1.29, 1.82) is 0 Å². The molecule has 6 nitrogen and oxygen atoms in total. The van der Waals surface area contributed by atoms with Crippen molar-refractivity contribution in [3.05, 3.63) is 58.7 Å². The van der Waals surface area contributed by atoms with Gasteiger partial charge >= 0.3 is 0 Å². The normalized spacial score (nSPS) is 16.1. The fourth-order valence-electron chi connectivity index (χ4n) is 3.45. The van der Waals surface area contributed by atoms with Crippen molar-refractivity contribution in [3.63, 3.8) is 0 Å². The molecule has 1 atom stereocenters. The summed E-state index contributed by atoms with van der Waals surface area (Å²) in [5.74, 6) is 0.102. The van der Waals surface area contributed by atoms with E-state index in [4.69, 9.17) is 9.72 Å². The van der Waals surface area contributed by atoms with Gasteiger partial charge in [-0.1, -0.05) is 48.2 Å². The first-order valence-corrected chi connectivity index (χ1v) is 11.7. The summed E-state index contributed by atoms with van der Waals surface area (Å²) >= 11 is 2.71. The van der Waals surface area contributed by atoms with E-state index in [0.717, 1.165) is 30.6 Å². The molecule has 156 valence electrons. The number of rotatable bonds is 8. The van der Waals surface area contributed by atoms with Crippen LogP contribution in [0, 0.1) is 0 Å². The summed E-state index contributed by atoms with van der Waals surface area (Å²) in [4.78, 5) is 30.9. The van der Waals surface area contributed by atoms with Crippen LogP contribution in [0.2, 0.25) is 0 Å². The lowest BCUT2D eigenvalue weighted by Gasteiger charge is -2.12. The van der Waals surface area contributed by atoms with Crippen molar-refractivity contribution in [3.8, 4) is 11.1 Å². The minimum Gasteiger partial charge on any atom is -0.376 e. The highest BCUT2D eigenvalue weighted by Crippen LogP contribution is 2.32. The van der Waals surface area contributed by atoms with E-state index in [9.17, 15) is 9.59 Å². The number of fused-ring (bicyclic) bond motifs is 1. The Bertz CT molecular complexity index is 1100. The Hall–Kier alpha value is -2.42. The van der Waals surface area contributed by atoms with E-state index in [1.807, 2.05) is 35.7 Å². The van der Waals surface area contributed by atoms with Gasteiger partial charge in [0.25, 0.3) is 5.56 Å². The number of thiophene rings is 1. The molecule has 2 aromatic heterocycles. The number of thioether (sulfide) groups is 1. The predicted molar refractivity (Wildman–Crippen MR) is 122 cm³/mol. The lowest BCUT2D eigenvalue weighted by atomic mass is 10.1. The molecule has 0 radical (unpaired) electrons. The van der Waals surface area contributed by atoms with Gasteiger partial charge in [0, 0.05) is 30.6 Å². The third kappa shape index (κ3) is 4.50. The van der Waals surface area contributed by atoms with Crippen molar-refractivity contribution >= 4 is 39.2 Å². The summed E-state index contributed by atoms with van der Waals surface area (Å²) in [5.41, 5.74) is 1.76. The van der Waals surface area contributed by atoms with E-state index in [1.165, 1.54) is 23.1 Å². The number of carbonyl (C=O) groups excluding carboxylic acids is 1. The average Bonchev–Trinajstić information content (AvgIpc) is 3.43. The van der Waals surface area contributed by atoms with Crippen LogP contribution < -0.4 is 10.9 Å². The molecule has 0 aliphatic carbocycles. The second kappa shape index (κ2) is 9.59. The third-order valence-corrected chi connectivity index (χ3v) is 6.79. The van der Waals surface area contributed by atoms with Gasteiger partial charge in [-0.3, -0.25) is 14.2 Å². The Kier molecular flexibility index (Phi) is 6.66. The number of hydrogen-bond acceptors (Lipinski definition) is 6. The van der Waals surface area contributed by atoms with Crippen LogP contribution in [0.25, 0.3) is 21.3 Å². The van der Waals surface area contributed by atoms with E-state index in [0.29, 0.717) is 28.5 Å². The van der Waals surface area contributed by atoms with E-state index in [2.05, 4.69) is 11.9 Å². The largest absolute Gasteiger partial charge is 0.376 e. The quantitative estimate of drug-likeness (QED) is 0.328. The molecule has 4 rings (SSSR count). The molecule has 0 spiro atoms. The minimum atomic E-state index is -0.109. The lowest BCUT2D eigenvalue weighted by Crippen LogP contribution is -2.33. The van der Waals surface area contributed by atoms with Crippen LogP contribution in [0.1, 0.15) is 12.8 Å². The van der Waals surface area contributed by atoms with Crippen molar-refractivity contribution in [2.75, 3.05) is 18.9 Å². The number of carbonyl (C=O) groups is 1. The number of nitrogens with zero attached hydrogens (tertiary/aromatic N) is 2. The molecule has 1 aromatic carbocycles. The van der Waals surface area contributed by atoms with Crippen molar-refractivity contribution in [2.24, 2.45) is 0 Å². The van der Waals surface area contributed by atoms with Gasteiger partial charge in [0.2, 0.25) is 5.91 Å². The van der Waals surface area contributed by atoms with Gasteiger partial charge in [-0.25, -0.2) is 4.98 Å². The highest BCUT2D eigenvalue weighted by atomic mass is 32.2. The topological polar surface area (TPSA) is 73.2 Å². The van der Waals surface area contributed by atoms with Gasteiger partial charge in [-0.2, -0.15) is 0 Å². The summed E-state index contributed by atoms with van der Waals surface area (Å²) < 4.78 is 7.12. The molecule has 3 aromatic rings. The number of amides is 1. The maximum absolute atomic E-state index is 13.3. The highest BCUT2D eigenvalue weighted by molar-refractivity contribution is 7.99. The Morgan fingerprint density at radius 3 is 2.97 bits per heavy atom. The van der Waals surface area contributed by atoms with E-state index in [1.54, 1.807) is 10.6 Å². The van der Waals surface area contributed by atoms with Crippen LogP contribution in [0.5, 0.6) is 0 Å². The Morgan fingerprint density at radius 2 is 2.23 bits per heavy atom. The second-order valence-corrected chi connectivity index (χ2v) is 8.82. The van der Waals surface area contributed by atoms with Crippen LogP contribution in [-0.2, 0) is 16.1 Å². The van der Waals surface area contributed by atoms with Crippen LogP contribution in [-0.4, -0.2) is 40.5 Å². The van der Waals surface area contributed by atoms with Crippen molar-refractivity contribution in [1.82, 2.24) is 14.9 Å². The van der Waals surface area contributed by atoms with Gasteiger partial charge in [-0.15, -0.1) is 17.9 Å². The number of hydrogen-bond donors (Lipinski definition) is 1. The molecule has 3 heterocycles. The van der Waals surface area contributed by atoms with Crippen molar-refractivity contribution < 1.29 is 9.53 Å². The summed E-state index contributed by atoms with van der Waals surface area (Å²) in [6.45, 7) is 5.39. The molecule has 1 fully saturated rings. The number of benzene rings is 1. The average molecular weight is 442 g/mol. The van der Waals surface area contributed by atoms with Gasteiger partial charge in [-0.05, 0) is 18.4 Å². The number of nitrogens with one attached hydrogen (secondary N) is 1. The summed E-state index contributed by atoms with van der Waals surface area (Å²) in [5, 5.41) is 6.01. The first kappa shape index (κ1) is 20.8. The maximum Gasteiger partial charge on any atom is 0.263 e. The second-order valence-electron chi connectivity index (χ2n) is 7.02. The molecule has 8 heteroatoms. The number of allylic oxidation sites excluding steroid dienone is 1. The first-order chi connectivity index (χ1) is 14.7. The zero-order valence-electron chi connectivity index (χ0n) is 16.5. The SMILES string of the molecule is C=CCn1c(SCC(=O)NC[C@H]2CCCO2)nc2scc(-c3ccccc3)c2c1=O. The van der Waals surface area contributed by atoms with Crippen LogP contribution in [0.4, 0.5) is 0 Å². The van der Waals surface area contributed by atoms with Crippen LogP contribution >= 0.6 is 23.1 Å². The fourth-order valence-corrected chi connectivity index (χ4v) is 5.28. The van der Waals surface area contributed by atoms with E-state index in [-0.39, 0.29) is 23.3 Å². The maximum atomic E-state index is 13.3. The molecule has 0 unspecified atom stereocenters. The molecule has 1 N–H and O–H groups in total. The lowest BCUT2D eigenvalue weighted by molar-refractivity contribution is -0.119. The highest BCUT2D eigenvalue weighted by Gasteiger charge is 2.19. The Morgan fingerprint density at radius 1 is 1.40 bits per heavy atom. The summed E-state index contributed by atoms with van der Waals surface area (Å²) in [7, 11) is 0. The van der Waals surface area contributed by atoms with Gasteiger partial charge in [0.05, 0.1) is 17.2 Å². The van der Waals surface area contributed by atoms with Gasteiger partial charge in [0.15, 0.2) is 5.16 Å². The van der Waals surface area contributed by atoms with Crippen LogP contribution in [0.15, 0.2) is 58.3 Å². The molecule has 1 aliphatic heterocycles.